The molecule has 1 fully saturated rings. The van der Waals surface area contributed by atoms with Crippen LogP contribution in [0.1, 0.15) is 33.6 Å². The first kappa shape index (κ1) is 15.2. The van der Waals surface area contributed by atoms with Crippen molar-refractivity contribution in [3.8, 4) is 0 Å². The molecular weight excluding hydrogens is 232 g/mol. The molecule has 1 aliphatic heterocycles. The van der Waals surface area contributed by atoms with Crippen molar-refractivity contribution in [2.45, 2.75) is 58.1 Å². The van der Waals surface area contributed by atoms with Gasteiger partial charge >= 0.3 is 0 Å². The average Bonchev–Trinajstić information content (AvgIpc) is 2.34. The van der Waals surface area contributed by atoms with E-state index in [4.69, 9.17) is 14.2 Å². The lowest BCUT2D eigenvalue weighted by Gasteiger charge is -2.38. The fourth-order valence-corrected chi connectivity index (χ4v) is 2.20. The van der Waals surface area contributed by atoms with Gasteiger partial charge in [-0.05, 0) is 27.2 Å². The number of methoxy groups -OCH3 is 2. The SMILES string of the molecule is COC(=NC(C)C)N(C)[C@@H]1C[C@H](OC)O[C@H](C)C1. The second-order valence-electron chi connectivity index (χ2n) is 5.06. The summed E-state index contributed by atoms with van der Waals surface area (Å²) in [6, 6.07) is 1.23. The zero-order valence-corrected chi connectivity index (χ0v) is 12.3. The molecule has 0 spiro atoms. The van der Waals surface area contributed by atoms with Crippen LogP contribution in [0.5, 0.6) is 0 Å². The van der Waals surface area contributed by atoms with Gasteiger partial charge < -0.3 is 19.1 Å². The Morgan fingerprint density at radius 1 is 1.33 bits per heavy atom. The van der Waals surface area contributed by atoms with E-state index in [1.54, 1.807) is 14.2 Å². The van der Waals surface area contributed by atoms with Crippen LogP contribution in [-0.4, -0.2) is 56.7 Å². The second kappa shape index (κ2) is 6.95. The van der Waals surface area contributed by atoms with Crippen LogP contribution in [0.2, 0.25) is 0 Å². The summed E-state index contributed by atoms with van der Waals surface area (Å²) in [4.78, 5) is 6.57. The Hall–Kier alpha value is -0.810. The summed E-state index contributed by atoms with van der Waals surface area (Å²) >= 11 is 0. The number of aliphatic imine (C=N–C) groups is 1. The fourth-order valence-electron chi connectivity index (χ4n) is 2.20. The Morgan fingerprint density at radius 2 is 2.00 bits per heavy atom. The van der Waals surface area contributed by atoms with E-state index in [9.17, 15) is 0 Å². The molecule has 0 N–H and O–H groups in total. The monoisotopic (exact) mass is 258 g/mol. The maximum absolute atomic E-state index is 5.68. The van der Waals surface area contributed by atoms with E-state index in [2.05, 4.69) is 16.8 Å². The van der Waals surface area contributed by atoms with Crippen molar-refractivity contribution in [1.29, 1.82) is 0 Å². The number of nitrogens with zero attached hydrogens (tertiary/aromatic N) is 2. The third kappa shape index (κ3) is 4.14. The number of amidine groups is 1. The van der Waals surface area contributed by atoms with E-state index in [1.165, 1.54) is 0 Å². The van der Waals surface area contributed by atoms with Crippen LogP contribution in [-0.2, 0) is 14.2 Å². The molecule has 5 nitrogen and oxygen atoms in total. The molecule has 106 valence electrons. The van der Waals surface area contributed by atoms with Crippen molar-refractivity contribution < 1.29 is 14.2 Å². The van der Waals surface area contributed by atoms with Gasteiger partial charge in [0.15, 0.2) is 6.29 Å². The Bertz CT molecular complexity index is 281. The first-order valence-corrected chi connectivity index (χ1v) is 6.50. The molecule has 0 radical (unpaired) electrons. The largest absolute Gasteiger partial charge is 0.468 e. The summed E-state index contributed by atoms with van der Waals surface area (Å²) in [6.07, 6.45) is 1.83. The Morgan fingerprint density at radius 3 is 2.50 bits per heavy atom. The molecule has 1 saturated heterocycles. The molecule has 1 rings (SSSR count). The average molecular weight is 258 g/mol. The van der Waals surface area contributed by atoms with E-state index >= 15 is 0 Å². The molecule has 0 aromatic carbocycles. The van der Waals surface area contributed by atoms with Gasteiger partial charge in [0, 0.05) is 32.7 Å². The van der Waals surface area contributed by atoms with Crippen LogP contribution < -0.4 is 0 Å². The van der Waals surface area contributed by atoms with E-state index < -0.39 is 0 Å². The van der Waals surface area contributed by atoms with Crippen molar-refractivity contribution in [3.63, 3.8) is 0 Å². The molecule has 0 aliphatic carbocycles. The Labute approximate surface area is 110 Å². The minimum atomic E-state index is -0.140. The van der Waals surface area contributed by atoms with Crippen LogP contribution in [0, 0.1) is 0 Å². The highest BCUT2D eigenvalue weighted by molar-refractivity contribution is 5.73. The van der Waals surface area contributed by atoms with Gasteiger partial charge in [0.05, 0.1) is 13.2 Å². The van der Waals surface area contributed by atoms with Gasteiger partial charge in [-0.15, -0.1) is 0 Å². The van der Waals surface area contributed by atoms with E-state index in [0.29, 0.717) is 12.1 Å². The third-order valence-corrected chi connectivity index (χ3v) is 3.12. The highest BCUT2D eigenvalue weighted by Gasteiger charge is 2.31. The number of ether oxygens (including phenoxy) is 3. The van der Waals surface area contributed by atoms with Crippen LogP contribution in [0.4, 0.5) is 0 Å². The van der Waals surface area contributed by atoms with Crippen molar-refractivity contribution in [3.05, 3.63) is 0 Å². The summed E-state index contributed by atoms with van der Waals surface area (Å²) < 4.78 is 16.4. The Kier molecular flexibility index (Phi) is 5.88. The normalized spacial score (nSPS) is 29.5. The van der Waals surface area contributed by atoms with Crippen LogP contribution >= 0.6 is 0 Å². The van der Waals surface area contributed by atoms with Gasteiger partial charge in [-0.1, -0.05) is 0 Å². The zero-order valence-electron chi connectivity index (χ0n) is 12.3. The van der Waals surface area contributed by atoms with Gasteiger partial charge in [-0.3, -0.25) is 0 Å². The minimum Gasteiger partial charge on any atom is -0.468 e. The maximum atomic E-state index is 5.68. The van der Waals surface area contributed by atoms with Crippen molar-refractivity contribution in [1.82, 2.24) is 4.90 Å². The summed E-state index contributed by atoms with van der Waals surface area (Å²) in [6.45, 7) is 6.15. The summed E-state index contributed by atoms with van der Waals surface area (Å²) in [5.74, 6) is 0. The lowest BCUT2D eigenvalue weighted by Crippen LogP contribution is -2.46. The van der Waals surface area contributed by atoms with Crippen molar-refractivity contribution in [2.75, 3.05) is 21.3 Å². The van der Waals surface area contributed by atoms with E-state index in [-0.39, 0.29) is 18.4 Å². The molecule has 0 aromatic heterocycles. The van der Waals surface area contributed by atoms with E-state index in [0.717, 1.165) is 12.8 Å². The van der Waals surface area contributed by atoms with Gasteiger partial charge in [0.25, 0.3) is 6.02 Å². The molecule has 5 heteroatoms. The third-order valence-electron chi connectivity index (χ3n) is 3.12. The Balaban J connectivity index is 2.72. The van der Waals surface area contributed by atoms with Gasteiger partial charge in [0.2, 0.25) is 0 Å². The van der Waals surface area contributed by atoms with Crippen LogP contribution in [0.3, 0.4) is 0 Å². The highest BCUT2D eigenvalue weighted by atomic mass is 16.7. The standard InChI is InChI=1S/C13H26N2O3/c1-9(2)14-13(17-6)15(4)11-7-10(3)18-12(8-11)16-5/h9-12H,7-8H2,1-6H3/t10-,11+,12-/m1/s1. The predicted molar refractivity (Wildman–Crippen MR) is 71.7 cm³/mol. The van der Waals surface area contributed by atoms with Gasteiger partial charge in [-0.25, -0.2) is 4.99 Å². The minimum absolute atomic E-state index is 0.140. The molecule has 0 amide bonds. The topological polar surface area (TPSA) is 43.3 Å². The first-order chi connectivity index (χ1) is 8.47. The van der Waals surface area contributed by atoms with Crippen LogP contribution in [0.25, 0.3) is 0 Å². The predicted octanol–water partition coefficient (Wildman–Crippen LogP) is 1.87. The number of hydrogen-bond acceptors (Lipinski definition) is 4. The molecule has 18 heavy (non-hydrogen) atoms. The van der Waals surface area contributed by atoms with Gasteiger partial charge in [-0.2, -0.15) is 0 Å². The molecule has 0 aromatic rings. The summed E-state index contributed by atoms with van der Waals surface area (Å²) in [7, 11) is 5.35. The molecule has 1 aliphatic rings. The van der Waals surface area contributed by atoms with E-state index in [1.807, 2.05) is 20.9 Å². The maximum Gasteiger partial charge on any atom is 0.287 e. The molecule has 0 saturated carbocycles. The highest BCUT2D eigenvalue weighted by Crippen LogP contribution is 2.23. The van der Waals surface area contributed by atoms with Crippen molar-refractivity contribution >= 4 is 6.02 Å². The van der Waals surface area contributed by atoms with Gasteiger partial charge in [0.1, 0.15) is 0 Å². The lowest BCUT2D eigenvalue weighted by molar-refractivity contribution is -0.187. The summed E-state index contributed by atoms with van der Waals surface area (Å²) in [5, 5.41) is 0. The molecule has 0 unspecified atom stereocenters. The number of rotatable bonds is 3. The summed E-state index contributed by atoms with van der Waals surface area (Å²) in [5.41, 5.74) is 0. The molecular formula is C13H26N2O3. The lowest BCUT2D eigenvalue weighted by atomic mass is 10.0. The smallest absolute Gasteiger partial charge is 0.287 e. The molecule has 3 atom stereocenters. The first-order valence-electron chi connectivity index (χ1n) is 6.50. The quantitative estimate of drug-likeness (QED) is 0.572. The number of hydrogen-bond donors (Lipinski definition) is 0. The van der Waals surface area contributed by atoms with Crippen molar-refractivity contribution in [2.24, 2.45) is 4.99 Å². The van der Waals surface area contributed by atoms with Crippen LogP contribution in [0.15, 0.2) is 4.99 Å². The molecule has 1 heterocycles. The molecule has 0 bridgehead atoms. The second-order valence-corrected chi connectivity index (χ2v) is 5.06. The zero-order chi connectivity index (χ0) is 13.7. The fraction of sp³-hybridized carbons (Fsp3) is 0.923.